The number of esters is 2. The van der Waals surface area contributed by atoms with Gasteiger partial charge >= 0.3 is 11.9 Å². The smallest absolute Gasteiger partial charge is 0.337 e. The third kappa shape index (κ3) is 5.72. The Bertz CT molecular complexity index is 714. The minimum absolute atomic E-state index is 0.324. The number of ether oxygens (including phenoxy) is 3. The lowest BCUT2D eigenvalue weighted by Gasteiger charge is -2.10. The van der Waals surface area contributed by atoms with Crippen LogP contribution in [-0.4, -0.2) is 25.2 Å². The fourth-order valence-electron chi connectivity index (χ4n) is 2.16. The quantitative estimate of drug-likeness (QED) is 0.594. The zero-order valence-electron chi connectivity index (χ0n) is 14.9. The van der Waals surface area contributed by atoms with Crippen molar-refractivity contribution < 1.29 is 23.8 Å². The predicted octanol–water partition coefficient (Wildman–Crippen LogP) is 3.45. The van der Waals surface area contributed by atoms with Gasteiger partial charge < -0.3 is 14.2 Å². The number of benzene rings is 2. The first-order chi connectivity index (χ1) is 11.8. The van der Waals surface area contributed by atoms with Gasteiger partial charge in [0.15, 0.2) is 0 Å². The Morgan fingerprint density at radius 1 is 0.720 bits per heavy atom. The topological polar surface area (TPSA) is 61.8 Å². The Kier molecular flexibility index (Phi) is 6.31. The summed E-state index contributed by atoms with van der Waals surface area (Å²) in [5.41, 5.74) is 3.69. The molecule has 0 amide bonds. The predicted molar refractivity (Wildman–Crippen MR) is 93.9 cm³/mol. The molecule has 0 aliphatic carbocycles. The third-order valence-electron chi connectivity index (χ3n) is 3.57. The van der Waals surface area contributed by atoms with E-state index in [1.54, 1.807) is 12.1 Å². The van der Waals surface area contributed by atoms with Gasteiger partial charge in [0.05, 0.1) is 0 Å². The van der Waals surface area contributed by atoms with E-state index in [9.17, 15) is 9.59 Å². The molecule has 0 atom stereocenters. The van der Waals surface area contributed by atoms with Crippen molar-refractivity contribution in [2.24, 2.45) is 0 Å². The molecule has 0 aliphatic heterocycles. The fraction of sp³-hybridized carbons (Fsp3) is 0.300. The van der Waals surface area contributed by atoms with Gasteiger partial charge in [-0.25, -0.2) is 9.59 Å². The van der Waals surface area contributed by atoms with E-state index in [-0.39, 0.29) is 13.2 Å². The van der Waals surface area contributed by atoms with E-state index in [0.29, 0.717) is 11.5 Å². The molecule has 0 unspecified atom stereocenters. The largest absolute Gasteiger partial charge is 0.425 e. The van der Waals surface area contributed by atoms with Gasteiger partial charge in [-0.05, 0) is 62.1 Å². The molecule has 0 N–H and O–H groups in total. The molecule has 2 aromatic rings. The number of hydrogen-bond acceptors (Lipinski definition) is 5. The van der Waals surface area contributed by atoms with Gasteiger partial charge in [-0.1, -0.05) is 24.3 Å². The van der Waals surface area contributed by atoms with Crippen LogP contribution in [0.15, 0.2) is 36.4 Å². The van der Waals surface area contributed by atoms with E-state index >= 15 is 0 Å². The van der Waals surface area contributed by atoms with Crippen LogP contribution in [0.5, 0.6) is 11.5 Å². The summed E-state index contributed by atoms with van der Waals surface area (Å²) in [7, 11) is 0. The summed E-state index contributed by atoms with van der Waals surface area (Å²) in [4.78, 5) is 23.6. The molecular weight excluding hydrogens is 320 g/mol. The van der Waals surface area contributed by atoms with Crippen molar-refractivity contribution in [3.63, 3.8) is 0 Å². The van der Waals surface area contributed by atoms with Crippen LogP contribution >= 0.6 is 0 Å². The maximum absolute atomic E-state index is 11.8. The van der Waals surface area contributed by atoms with Gasteiger partial charge in [-0.2, -0.15) is 0 Å². The molecule has 0 aliphatic rings. The lowest BCUT2D eigenvalue weighted by Crippen LogP contribution is -2.22. The van der Waals surface area contributed by atoms with Crippen LogP contribution < -0.4 is 9.47 Å². The molecule has 0 saturated heterocycles. The highest BCUT2D eigenvalue weighted by Gasteiger charge is 2.12. The number of aryl methyl sites for hydroxylation is 4. The maximum Gasteiger partial charge on any atom is 0.337 e. The molecule has 0 aromatic heterocycles. The highest BCUT2D eigenvalue weighted by Crippen LogP contribution is 2.20. The van der Waals surface area contributed by atoms with Gasteiger partial charge in [0, 0.05) is 0 Å². The second-order valence-corrected chi connectivity index (χ2v) is 5.98. The monoisotopic (exact) mass is 342 g/mol. The fourth-order valence-corrected chi connectivity index (χ4v) is 2.16. The average Bonchev–Trinajstić information content (AvgIpc) is 2.54. The van der Waals surface area contributed by atoms with Crippen molar-refractivity contribution in [1.29, 1.82) is 0 Å². The molecule has 2 aromatic carbocycles. The molecule has 0 spiro atoms. The molecule has 0 fully saturated rings. The third-order valence-corrected chi connectivity index (χ3v) is 3.57. The van der Waals surface area contributed by atoms with Gasteiger partial charge in [-0.15, -0.1) is 0 Å². The van der Waals surface area contributed by atoms with Crippen LogP contribution in [0, 0.1) is 27.7 Å². The Hall–Kier alpha value is -2.66. The number of carbonyl (C=O) groups is 2. The van der Waals surface area contributed by atoms with E-state index in [4.69, 9.17) is 14.2 Å². The first-order valence-electron chi connectivity index (χ1n) is 7.99. The summed E-state index contributed by atoms with van der Waals surface area (Å²) in [5.74, 6) is -0.139. The lowest BCUT2D eigenvalue weighted by molar-refractivity contribution is -0.145. The first-order valence-corrected chi connectivity index (χ1v) is 7.99. The van der Waals surface area contributed by atoms with Crippen LogP contribution in [0.1, 0.15) is 22.3 Å². The second-order valence-electron chi connectivity index (χ2n) is 5.98. The SMILES string of the molecule is Cc1ccc(C)c(OC(=O)COCC(=O)Oc2cc(C)ccc2C)c1. The normalized spacial score (nSPS) is 10.4. The Morgan fingerprint density at radius 2 is 1.12 bits per heavy atom. The number of rotatable bonds is 6. The van der Waals surface area contributed by atoms with Gasteiger partial charge in [0.1, 0.15) is 24.7 Å². The molecule has 0 heterocycles. The van der Waals surface area contributed by atoms with Crippen molar-refractivity contribution in [1.82, 2.24) is 0 Å². The highest BCUT2D eigenvalue weighted by molar-refractivity contribution is 5.76. The second kappa shape index (κ2) is 8.44. The van der Waals surface area contributed by atoms with Crippen molar-refractivity contribution in [3.05, 3.63) is 58.7 Å². The van der Waals surface area contributed by atoms with E-state index in [1.807, 2.05) is 52.0 Å². The summed E-state index contributed by atoms with van der Waals surface area (Å²) in [6, 6.07) is 11.2. The number of hydrogen-bond donors (Lipinski definition) is 0. The molecule has 0 saturated carbocycles. The Labute approximate surface area is 147 Å². The van der Waals surface area contributed by atoms with E-state index in [0.717, 1.165) is 22.3 Å². The summed E-state index contributed by atoms with van der Waals surface area (Å²) >= 11 is 0. The summed E-state index contributed by atoms with van der Waals surface area (Å²) < 4.78 is 15.6. The molecule has 132 valence electrons. The Balaban J connectivity index is 1.79. The number of carbonyl (C=O) groups excluding carboxylic acids is 2. The van der Waals surface area contributed by atoms with Gasteiger partial charge in [0.2, 0.25) is 0 Å². The van der Waals surface area contributed by atoms with Gasteiger partial charge in [0.25, 0.3) is 0 Å². The zero-order valence-corrected chi connectivity index (χ0v) is 14.9. The summed E-state index contributed by atoms with van der Waals surface area (Å²) in [5, 5.41) is 0. The molecule has 5 nitrogen and oxygen atoms in total. The molecule has 25 heavy (non-hydrogen) atoms. The van der Waals surface area contributed by atoms with Crippen LogP contribution in [0.2, 0.25) is 0 Å². The van der Waals surface area contributed by atoms with Crippen LogP contribution in [0.4, 0.5) is 0 Å². The van der Waals surface area contributed by atoms with Crippen LogP contribution in [0.25, 0.3) is 0 Å². The van der Waals surface area contributed by atoms with Gasteiger partial charge in [-0.3, -0.25) is 0 Å². The van der Waals surface area contributed by atoms with E-state index in [2.05, 4.69) is 0 Å². The van der Waals surface area contributed by atoms with E-state index in [1.165, 1.54) is 0 Å². The van der Waals surface area contributed by atoms with Crippen LogP contribution in [0.3, 0.4) is 0 Å². The van der Waals surface area contributed by atoms with Crippen molar-refractivity contribution >= 4 is 11.9 Å². The highest BCUT2D eigenvalue weighted by atomic mass is 16.6. The molecule has 2 rings (SSSR count). The minimum Gasteiger partial charge on any atom is -0.425 e. The first kappa shape index (κ1) is 18.7. The Morgan fingerprint density at radius 3 is 1.52 bits per heavy atom. The molecule has 5 heteroatoms. The maximum atomic E-state index is 11.8. The minimum atomic E-state index is -0.562. The summed E-state index contributed by atoms with van der Waals surface area (Å²) in [6.45, 7) is 6.88. The molecular formula is C20H22O5. The zero-order chi connectivity index (χ0) is 18.4. The molecule has 0 bridgehead atoms. The lowest BCUT2D eigenvalue weighted by atomic mass is 10.1. The molecule has 0 radical (unpaired) electrons. The van der Waals surface area contributed by atoms with Crippen LogP contribution in [-0.2, 0) is 14.3 Å². The standard InChI is InChI=1S/C20H22O5/c1-13-5-7-15(3)17(9-13)24-19(21)11-23-12-20(22)25-18-10-14(2)6-8-16(18)4/h5-10H,11-12H2,1-4H3. The average molecular weight is 342 g/mol. The van der Waals surface area contributed by atoms with Crippen molar-refractivity contribution in [2.75, 3.05) is 13.2 Å². The summed E-state index contributed by atoms with van der Waals surface area (Å²) in [6.07, 6.45) is 0. The van der Waals surface area contributed by atoms with Crippen molar-refractivity contribution in [2.45, 2.75) is 27.7 Å². The van der Waals surface area contributed by atoms with E-state index < -0.39 is 11.9 Å². The van der Waals surface area contributed by atoms with Crippen molar-refractivity contribution in [3.8, 4) is 11.5 Å².